The summed E-state index contributed by atoms with van der Waals surface area (Å²) in [4.78, 5) is 14.1. The van der Waals surface area contributed by atoms with Gasteiger partial charge in [0.1, 0.15) is 0 Å². The van der Waals surface area contributed by atoms with E-state index in [-0.39, 0.29) is 0 Å². The summed E-state index contributed by atoms with van der Waals surface area (Å²) in [5.41, 5.74) is 0. The minimum atomic E-state index is 0.398. The number of nitrogens with zero attached hydrogens (tertiary/aromatic N) is 1. The summed E-state index contributed by atoms with van der Waals surface area (Å²) in [5.74, 6) is 1.69. The SMILES string of the molecule is CCCCCCN1CC2CCC(C2)C1=O. The van der Waals surface area contributed by atoms with Crippen LogP contribution in [-0.4, -0.2) is 23.9 Å². The lowest BCUT2D eigenvalue weighted by Crippen LogP contribution is -2.42. The number of fused-ring (bicyclic) bond motifs is 2. The first kappa shape index (κ1) is 11.0. The Bertz CT molecular complexity index is 227. The number of amides is 1. The number of carbonyl (C=O) groups is 1. The molecule has 2 nitrogen and oxygen atoms in total. The van der Waals surface area contributed by atoms with E-state index in [2.05, 4.69) is 11.8 Å². The van der Waals surface area contributed by atoms with Crippen LogP contribution in [0.15, 0.2) is 0 Å². The Morgan fingerprint density at radius 3 is 2.93 bits per heavy atom. The largest absolute Gasteiger partial charge is 0.342 e. The summed E-state index contributed by atoms with van der Waals surface area (Å²) in [6, 6.07) is 0. The van der Waals surface area contributed by atoms with Crippen molar-refractivity contribution in [1.29, 1.82) is 0 Å². The van der Waals surface area contributed by atoms with Crippen molar-refractivity contribution in [2.75, 3.05) is 13.1 Å². The van der Waals surface area contributed by atoms with E-state index < -0.39 is 0 Å². The number of rotatable bonds is 5. The molecule has 0 aromatic heterocycles. The molecule has 2 aliphatic rings. The number of likely N-dealkylation sites (tertiary alicyclic amines) is 1. The average molecular weight is 209 g/mol. The number of unbranched alkanes of at least 4 members (excludes halogenated alkanes) is 3. The fourth-order valence-electron chi connectivity index (χ4n) is 3.06. The Morgan fingerprint density at radius 1 is 1.27 bits per heavy atom. The van der Waals surface area contributed by atoms with E-state index in [1.54, 1.807) is 0 Å². The summed E-state index contributed by atoms with van der Waals surface area (Å²) in [5, 5.41) is 0. The van der Waals surface area contributed by atoms with Crippen molar-refractivity contribution < 1.29 is 4.79 Å². The van der Waals surface area contributed by atoms with Crippen molar-refractivity contribution in [3.63, 3.8) is 0 Å². The Morgan fingerprint density at radius 2 is 2.13 bits per heavy atom. The maximum atomic E-state index is 12.0. The van der Waals surface area contributed by atoms with Gasteiger partial charge in [0, 0.05) is 19.0 Å². The molecule has 0 spiro atoms. The first-order valence-electron chi connectivity index (χ1n) is 6.60. The van der Waals surface area contributed by atoms with Gasteiger partial charge in [-0.3, -0.25) is 4.79 Å². The van der Waals surface area contributed by atoms with E-state index in [4.69, 9.17) is 0 Å². The zero-order valence-electron chi connectivity index (χ0n) is 9.87. The summed E-state index contributed by atoms with van der Waals surface area (Å²) in [6.45, 7) is 4.31. The average Bonchev–Trinajstić information content (AvgIpc) is 2.64. The normalized spacial score (nSPS) is 29.9. The van der Waals surface area contributed by atoms with E-state index in [9.17, 15) is 4.79 Å². The molecule has 2 rings (SSSR count). The second-order valence-electron chi connectivity index (χ2n) is 5.22. The molecule has 86 valence electrons. The summed E-state index contributed by atoms with van der Waals surface area (Å²) < 4.78 is 0. The van der Waals surface area contributed by atoms with Crippen LogP contribution in [-0.2, 0) is 4.79 Å². The molecular formula is C13H23NO. The maximum Gasteiger partial charge on any atom is 0.225 e. The smallest absolute Gasteiger partial charge is 0.225 e. The van der Waals surface area contributed by atoms with Gasteiger partial charge in [-0.2, -0.15) is 0 Å². The van der Waals surface area contributed by atoms with Gasteiger partial charge < -0.3 is 4.90 Å². The van der Waals surface area contributed by atoms with Crippen LogP contribution in [0.5, 0.6) is 0 Å². The molecule has 2 bridgehead atoms. The Balaban J connectivity index is 1.75. The van der Waals surface area contributed by atoms with E-state index in [1.165, 1.54) is 38.5 Å². The van der Waals surface area contributed by atoms with Crippen molar-refractivity contribution in [2.45, 2.75) is 51.9 Å². The summed E-state index contributed by atoms with van der Waals surface area (Å²) in [7, 11) is 0. The minimum absolute atomic E-state index is 0.398. The molecule has 0 N–H and O–H groups in total. The van der Waals surface area contributed by atoms with Crippen LogP contribution in [0.25, 0.3) is 0 Å². The molecule has 2 atom stereocenters. The van der Waals surface area contributed by atoms with Crippen LogP contribution < -0.4 is 0 Å². The zero-order valence-corrected chi connectivity index (χ0v) is 9.87. The topological polar surface area (TPSA) is 20.3 Å². The quantitative estimate of drug-likeness (QED) is 0.638. The fourth-order valence-corrected chi connectivity index (χ4v) is 3.06. The predicted molar refractivity (Wildman–Crippen MR) is 61.6 cm³/mol. The van der Waals surface area contributed by atoms with Crippen LogP contribution in [0.2, 0.25) is 0 Å². The van der Waals surface area contributed by atoms with Crippen molar-refractivity contribution in [3.05, 3.63) is 0 Å². The zero-order chi connectivity index (χ0) is 10.7. The van der Waals surface area contributed by atoms with Gasteiger partial charge in [-0.25, -0.2) is 0 Å². The van der Waals surface area contributed by atoms with Crippen molar-refractivity contribution in [3.8, 4) is 0 Å². The second kappa shape index (κ2) is 5.00. The molecule has 0 aromatic carbocycles. The lowest BCUT2D eigenvalue weighted by molar-refractivity contribution is -0.138. The van der Waals surface area contributed by atoms with Crippen molar-refractivity contribution >= 4 is 5.91 Å². The van der Waals surface area contributed by atoms with Gasteiger partial charge in [0.15, 0.2) is 0 Å². The number of hydrogen-bond donors (Lipinski definition) is 0. The van der Waals surface area contributed by atoms with Gasteiger partial charge in [0.25, 0.3) is 0 Å². The Labute approximate surface area is 93.0 Å². The van der Waals surface area contributed by atoms with Crippen LogP contribution in [0, 0.1) is 11.8 Å². The summed E-state index contributed by atoms with van der Waals surface area (Å²) in [6.07, 6.45) is 8.73. The highest BCUT2D eigenvalue weighted by molar-refractivity contribution is 5.80. The maximum absolute atomic E-state index is 12.0. The summed E-state index contributed by atoms with van der Waals surface area (Å²) >= 11 is 0. The standard InChI is InChI=1S/C13H23NO/c1-2-3-4-5-8-14-10-11-6-7-12(9-11)13(14)15/h11-12H,2-10H2,1H3. The van der Waals surface area contributed by atoms with Crippen molar-refractivity contribution in [2.24, 2.45) is 11.8 Å². The third-order valence-corrected chi connectivity index (χ3v) is 3.96. The molecule has 2 heteroatoms. The van der Waals surface area contributed by atoms with Gasteiger partial charge in [-0.05, 0) is 31.6 Å². The highest BCUT2D eigenvalue weighted by atomic mass is 16.2. The van der Waals surface area contributed by atoms with E-state index in [0.29, 0.717) is 11.8 Å². The molecule has 1 aliphatic heterocycles. The molecule has 1 saturated carbocycles. The molecular weight excluding hydrogens is 186 g/mol. The highest BCUT2D eigenvalue weighted by Gasteiger charge is 2.38. The lowest BCUT2D eigenvalue weighted by Gasteiger charge is -2.31. The predicted octanol–water partition coefficient (Wildman–Crippen LogP) is 2.83. The number of hydrogen-bond acceptors (Lipinski definition) is 1. The molecule has 0 aromatic rings. The molecule has 1 heterocycles. The van der Waals surface area contributed by atoms with E-state index in [1.807, 2.05) is 0 Å². The van der Waals surface area contributed by atoms with Crippen LogP contribution in [0.4, 0.5) is 0 Å². The third-order valence-electron chi connectivity index (χ3n) is 3.96. The van der Waals surface area contributed by atoms with Crippen LogP contribution in [0.1, 0.15) is 51.9 Å². The molecule has 15 heavy (non-hydrogen) atoms. The molecule has 1 saturated heterocycles. The monoisotopic (exact) mass is 209 g/mol. The third kappa shape index (κ3) is 2.53. The lowest BCUT2D eigenvalue weighted by atomic mass is 9.97. The Hall–Kier alpha value is -0.530. The minimum Gasteiger partial charge on any atom is -0.342 e. The molecule has 1 amide bonds. The first-order chi connectivity index (χ1) is 7.31. The fraction of sp³-hybridized carbons (Fsp3) is 0.923. The second-order valence-corrected chi connectivity index (χ2v) is 5.22. The Kier molecular flexibility index (Phi) is 3.66. The van der Waals surface area contributed by atoms with E-state index >= 15 is 0 Å². The van der Waals surface area contributed by atoms with Gasteiger partial charge in [-0.1, -0.05) is 26.2 Å². The molecule has 0 radical (unpaired) electrons. The van der Waals surface area contributed by atoms with Gasteiger partial charge in [0.2, 0.25) is 5.91 Å². The number of piperidine rings is 1. The molecule has 1 aliphatic carbocycles. The molecule has 2 unspecified atom stereocenters. The molecule has 2 fully saturated rings. The number of carbonyl (C=O) groups excluding carboxylic acids is 1. The van der Waals surface area contributed by atoms with Crippen LogP contribution >= 0.6 is 0 Å². The first-order valence-corrected chi connectivity index (χ1v) is 6.60. The van der Waals surface area contributed by atoms with Gasteiger partial charge in [0.05, 0.1) is 0 Å². The van der Waals surface area contributed by atoms with Crippen LogP contribution in [0.3, 0.4) is 0 Å². The van der Waals surface area contributed by atoms with E-state index in [0.717, 1.165) is 25.4 Å². The van der Waals surface area contributed by atoms with Gasteiger partial charge in [-0.15, -0.1) is 0 Å². The van der Waals surface area contributed by atoms with Crippen molar-refractivity contribution in [1.82, 2.24) is 4.90 Å². The highest BCUT2D eigenvalue weighted by Crippen LogP contribution is 2.37. The van der Waals surface area contributed by atoms with Gasteiger partial charge >= 0.3 is 0 Å².